The van der Waals surface area contributed by atoms with Crippen molar-refractivity contribution in [3.05, 3.63) is 0 Å². The molecule has 1 amide bonds. The summed E-state index contributed by atoms with van der Waals surface area (Å²) in [5.74, 6) is -2.72. The van der Waals surface area contributed by atoms with Crippen LogP contribution in [0.2, 0.25) is 0 Å². The summed E-state index contributed by atoms with van der Waals surface area (Å²) in [4.78, 5) is 31.1. The molecule has 0 saturated heterocycles. The largest absolute Gasteiger partial charge is 0.550 e. The highest BCUT2D eigenvalue weighted by Crippen LogP contribution is 2.04. The third kappa shape index (κ3) is 7.80. The molecule has 0 aliphatic carbocycles. The van der Waals surface area contributed by atoms with E-state index in [9.17, 15) is 24.6 Å². The minimum Gasteiger partial charge on any atom is -0.550 e. The first-order chi connectivity index (χ1) is 6.93. The zero-order chi connectivity index (χ0) is 11.8. The van der Waals surface area contributed by atoms with Gasteiger partial charge in [0.2, 0.25) is 5.91 Å². The standard InChI is InChI=1S/C8H13NO5S/c1-5(10)9-6(8(13)14)4-15-3-2-7(11)12/h6H,2-4H2,1H3,(H,9,10)(H,11,12)(H,13,14)/p-2. The van der Waals surface area contributed by atoms with Gasteiger partial charge >= 0.3 is 0 Å². The van der Waals surface area contributed by atoms with Gasteiger partial charge in [0.25, 0.3) is 0 Å². The number of aliphatic carboxylic acids is 2. The van der Waals surface area contributed by atoms with E-state index in [1.807, 2.05) is 0 Å². The number of hydrogen-bond donors (Lipinski definition) is 1. The Morgan fingerprint density at radius 2 is 1.93 bits per heavy atom. The van der Waals surface area contributed by atoms with Crippen LogP contribution >= 0.6 is 11.8 Å². The van der Waals surface area contributed by atoms with Crippen LogP contribution in [0.15, 0.2) is 0 Å². The van der Waals surface area contributed by atoms with Crippen LogP contribution in [0, 0.1) is 0 Å². The fourth-order valence-corrected chi connectivity index (χ4v) is 1.70. The molecule has 86 valence electrons. The highest BCUT2D eigenvalue weighted by molar-refractivity contribution is 7.99. The van der Waals surface area contributed by atoms with Crippen LogP contribution in [0.5, 0.6) is 0 Å². The topological polar surface area (TPSA) is 109 Å². The Kier molecular flexibility index (Phi) is 6.52. The molecule has 0 aromatic heterocycles. The van der Waals surface area contributed by atoms with Crippen molar-refractivity contribution in [2.75, 3.05) is 11.5 Å². The lowest BCUT2D eigenvalue weighted by Gasteiger charge is -2.18. The number of carboxylic acid groups (broad SMARTS) is 2. The maximum absolute atomic E-state index is 10.6. The summed E-state index contributed by atoms with van der Waals surface area (Å²) in [6.07, 6.45) is -0.148. The molecule has 0 bridgehead atoms. The number of amides is 1. The van der Waals surface area contributed by atoms with Crippen molar-refractivity contribution < 1.29 is 24.6 Å². The van der Waals surface area contributed by atoms with Crippen LogP contribution in [0.25, 0.3) is 0 Å². The quantitative estimate of drug-likeness (QED) is 0.473. The maximum Gasteiger partial charge on any atom is 0.217 e. The third-order valence-corrected chi connectivity index (χ3v) is 2.46. The van der Waals surface area contributed by atoms with Gasteiger partial charge in [-0.05, 0) is 12.2 Å². The van der Waals surface area contributed by atoms with E-state index in [1.54, 1.807) is 0 Å². The van der Waals surface area contributed by atoms with Gasteiger partial charge in [-0.15, -0.1) is 0 Å². The molecule has 0 aliphatic heterocycles. The summed E-state index contributed by atoms with van der Waals surface area (Å²) in [7, 11) is 0. The minimum absolute atomic E-state index is 0.0786. The molecule has 0 fully saturated rings. The highest BCUT2D eigenvalue weighted by atomic mass is 32.2. The van der Waals surface area contributed by atoms with Gasteiger partial charge in [-0.3, -0.25) is 4.79 Å². The first-order valence-corrected chi connectivity index (χ1v) is 5.34. The zero-order valence-corrected chi connectivity index (χ0v) is 8.96. The molecule has 1 unspecified atom stereocenters. The molecule has 0 radical (unpaired) electrons. The molecule has 0 rings (SSSR count). The van der Waals surface area contributed by atoms with E-state index in [4.69, 9.17) is 0 Å². The molecular weight excluding hydrogens is 222 g/mol. The van der Waals surface area contributed by atoms with Gasteiger partial charge in [0.1, 0.15) is 0 Å². The summed E-state index contributed by atoms with van der Waals surface area (Å²) in [5, 5.41) is 22.7. The fourth-order valence-electron chi connectivity index (χ4n) is 0.771. The second-order valence-corrected chi connectivity index (χ2v) is 3.92. The number of thioether (sulfide) groups is 1. The summed E-state index contributed by atoms with van der Waals surface area (Å²) in [6.45, 7) is 1.20. The molecule has 0 heterocycles. The van der Waals surface area contributed by atoms with E-state index >= 15 is 0 Å². The Bertz CT molecular complexity index is 255. The zero-order valence-electron chi connectivity index (χ0n) is 8.15. The Labute approximate surface area is 91.0 Å². The lowest BCUT2D eigenvalue weighted by Crippen LogP contribution is -2.48. The van der Waals surface area contributed by atoms with Gasteiger partial charge in [0.05, 0.1) is 12.0 Å². The van der Waals surface area contributed by atoms with E-state index in [2.05, 4.69) is 5.32 Å². The van der Waals surface area contributed by atoms with Crippen molar-refractivity contribution in [2.24, 2.45) is 0 Å². The van der Waals surface area contributed by atoms with Crippen LogP contribution < -0.4 is 15.5 Å². The summed E-state index contributed by atoms with van der Waals surface area (Å²) >= 11 is 1.10. The average Bonchev–Trinajstić information content (AvgIpc) is 2.08. The van der Waals surface area contributed by atoms with Crippen LogP contribution in [-0.2, 0) is 14.4 Å². The van der Waals surface area contributed by atoms with Gasteiger partial charge in [-0.25, -0.2) is 0 Å². The molecule has 0 aromatic rings. The predicted molar refractivity (Wildman–Crippen MR) is 49.6 cm³/mol. The molecule has 1 N–H and O–H groups in total. The molecule has 0 saturated carbocycles. The number of carbonyl (C=O) groups is 3. The first kappa shape index (κ1) is 13.8. The Balaban J connectivity index is 3.81. The minimum atomic E-state index is -1.38. The van der Waals surface area contributed by atoms with E-state index in [-0.39, 0.29) is 17.9 Å². The van der Waals surface area contributed by atoms with Crippen molar-refractivity contribution >= 4 is 29.6 Å². The van der Waals surface area contributed by atoms with Crippen molar-refractivity contribution in [3.63, 3.8) is 0 Å². The summed E-state index contributed by atoms with van der Waals surface area (Å²) in [6, 6.07) is -1.09. The number of carboxylic acids is 2. The Morgan fingerprint density at radius 1 is 1.33 bits per heavy atom. The van der Waals surface area contributed by atoms with E-state index in [0.717, 1.165) is 11.8 Å². The van der Waals surface area contributed by atoms with Crippen molar-refractivity contribution in [1.82, 2.24) is 5.32 Å². The van der Waals surface area contributed by atoms with Crippen molar-refractivity contribution in [2.45, 2.75) is 19.4 Å². The average molecular weight is 233 g/mol. The van der Waals surface area contributed by atoms with Gasteiger partial charge in [-0.2, -0.15) is 11.8 Å². The number of hydrogen-bond acceptors (Lipinski definition) is 6. The van der Waals surface area contributed by atoms with E-state index in [0.29, 0.717) is 0 Å². The molecule has 1 atom stereocenters. The second kappa shape index (κ2) is 7.10. The SMILES string of the molecule is CC(=O)NC(CSCCC(=O)[O-])C(=O)[O-]. The van der Waals surface area contributed by atoms with Crippen LogP contribution in [0.3, 0.4) is 0 Å². The van der Waals surface area contributed by atoms with Gasteiger partial charge in [-0.1, -0.05) is 0 Å². The molecule has 0 spiro atoms. The van der Waals surface area contributed by atoms with Crippen LogP contribution in [0.1, 0.15) is 13.3 Å². The van der Waals surface area contributed by atoms with Crippen molar-refractivity contribution in [1.29, 1.82) is 0 Å². The lowest BCUT2D eigenvalue weighted by atomic mass is 10.3. The highest BCUT2D eigenvalue weighted by Gasteiger charge is 2.10. The van der Waals surface area contributed by atoms with Crippen molar-refractivity contribution in [3.8, 4) is 0 Å². The molecule has 7 heteroatoms. The van der Waals surface area contributed by atoms with Crippen LogP contribution in [-0.4, -0.2) is 35.4 Å². The smallest absolute Gasteiger partial charge is 0.217 e. The predicted octanol–water partition coefficient (Wildman–Crippen LogP) is -2.89. The molecule has 15 heavy (non-hydrogen) atoms. The third-order valence-electron chi connectivity index (χ3n) is 1.40. The summed E-state index contributed by atoms with van der Waals surface area (Å²) < 4.78 is 0. The fraction of sp³-hybridized carbons (Fsp3) is 0.625. The normalized spacial score (nSPS) is 11.8. The second-order valence-electron chi connectivity index (χ2n) is 2.77. The molecular formula is C8H11NO5S-2. The van der Waals surface area contributed by atoms with Crippen LogP contribution in [0.4, 0.5) is 0 Å². The molecule has 6 nitrogen and oxygen atoms in total. The Morgan fingerprint density at radius 3 is 2.33 bits per heavy atom. The van der Waals surface area contributed by atoms with E-state index in [1.165, 1.54) is 6.92 Å². The molecule has 0 aromatic carbocycles. The number of rotatable bonds is 7. The Hall–Kier alpha value is -1.24. The first-order valence-electron chi connectivity index (χ1n) is 4.19. The van der Waals surface area contributed by atoms with Gasteiger partial charge in [0.15, 0.2) is 0 Å². The lowest BCUT2D eigenvalue weighted by molar-refractivity contribution is -0.308. The maximum atomic E-state index is 10.6. The monoisotopic (exact) mass is 233 g/mol. The van der Waals surface area contributed by atoms with E-state index < -0.39 is 23.9 Å². The van der Waals surface area contributed by atoms with Gasteiger partial charge < -0.3 is 25.1 Å². The number of nitrogens with one attached hydrogen (secondary N) is 1. The summed E-state index contributed by atoms with van der Waals surface area (Å²) in [5.41, 5.74) is 0. The number of carbonyl (C=O) groups excluding carboxylic acids is 3. The van der Waals surface area contributed by atoms with Gasteiger partial charge in [0, 0.05) is 18.6 Å². The molecule has 0 aliphatic rings.